The van der Waals surface area contributed by atoms with Crippen molar-refractivity contribution in [2.24, 2.45) is 0 Å². The molecule has 1 aliphatic heterocycles. The van der Waals surface area contributed by atoms with Gasteiger partial charge in [-0.15, -0.1) is 0 Å². The highest BCUT2D eigenvalue weighted by molar-refractivity contribution is 8.27. The van der Waals surface area contributed by atoms with Crippen LogP contribution in [0.4, 0.5) is 11.4 Å². The van der Waals surface area contributed by atoms with Gasteiger partial charge in [0.05, 0.1) is 22.6 Å². The quantitative estimate of drug-likeness (QED) is 0.0808. The van der Waals surface area contributed by atoms with Crippen LogP contribution in [0.25, 0.3) is 16.8 Å². The van der Waals surface area contributed by atoms with Gasteiger partial charge >= 0.3 is 10.1 Å². The van der Waals surface area contributed by atoms with E-state index in [1.54, 1.807) is 12.1 Å². The lowest BCUT2D eigenvalue weighted by molar-refractivity contribution is -0.385. The van der Waals surface area contributed by atoms with Crippen LogP contribution in [0.3, 0.4) is 0 Å². The maximum Gasteiger partial charge on any atom is 0.339 e. The third kappa shape index (κ3) is 5.16. The predicted molar refractivity (Wildman–Crippen MR) is 158 cm³/mol. The molecule has 0 atom stereocenters. The number of nitro groups is 1. The van der Waals surface area contributed by atoms with Crippen LogP contribution in [0.5, 0.6) is 11.5 Å². The van der Waals surface area contributed by atoms with Gasteiger partial charge in [0.1, 0.15) is 4.90 Å². The van der Waals surface area contributed by atoms with E-state index in [1.165, 1.54) is 43.2 Å². The molecule has 4 aromatic rings. The molecule has 1 aliphatic rings. The fraction of sp³-hybridized carbons (Fsp3) is 0.0714. The molecule has 0 spiro atoms. The molecular weight excluding hydrogens is 573 g/mol. The summed E-state index contributed by atoms with van der Waals surface area (Å²) in [6.45, 7) is 1.51. The third-order valence-electron chi connectivity index (χ3n) is 6.15. The van der Waals surface area contributed by atoms with E-state index >= 15 is 0 Å². The normalized spacial score (nSPS) is 14.7. The van der Waals surface area contributed by atoms with Crippen molar-refractivity contribution in [1.82, 2.24) is 0 Å². The second kappa shape index (κ2) is 10.7. The molecule has 9 nitrogen and oxygen atoms in total. The van der Waals surface area contributed by atoms with Crippen LogP contribution in [0.15, 0.2) is 88.7 Å². The van der Waals surface area contributed by atoms with Gasteiger partial charge in [0.25, 0.3) is 11.6 Å². The third-order valence-corrected chi connectivity index (χ3v) is 8.68. The lowest BCUT2D eigenvalue weighted by Crippen LogP contribution is -2.27. The summed E-state index contributed by atoms with van der Waals surface area (Å²) >= 11 is 6.69. The highest BCUT2D eigenvalue weighted by Gasteiger charge is 2.34. The Morgan fingerprint density at radius 3 is 2.50 bits per heavy atom. The number of thioether (sulfide) groups is 1. The number of fused-ring (bicyclic) bond motifs is 1. The van der Waals surface area contributed by atoms with Crippen LogP contribution in [0.2, 0.25) is 0 Å². The van der Waals surface area contributed by atoms with Crippen molar-refractivity contribution in [3.05, 3.63) is 105 Å². The van der Waals surface area contributed by atoms with Gasteiger partial charge in [-0.05, 0) is 48.2 Å². The van der Waals surface area contributed by atoms with Crippen LogP contribution >= 0.6 is 24.0 Å². The summed E-state index contributed by atoms with van der Waals surface area (Å²) < 4.78 is 36.8. The second-order valence-corrected chi connectivity index (χ2v) is 11.9. The standard InChI is InChI=1S/C28H20N2O7S3/c1-17-10-12-20(16-23(17)30(32)33)40(34,35)37-24-13-11-18(14-25(24)36-2)15-26-27(31)29(28(38)39-26)22-9-5-7-19-6-3-4-8-21(19)22/h3-16H,1-2H3/b26-15+. The number of carbonyl (C=O) groups is 1. The molecule has 0 saturated carbocycles. The number of nitro benzene ring substituents is 1. The number of benzene rings is 4. The van der Waals surface area contributed by atoms with E-state index < -0.39 is 15.0 Å². The predicted octanol–water partition coefficient (Wildman–Crippen LogP) is 6.24. The molecule has 0 aliphatic carbocycles. The molecule has 4 aromatic carbocycles. The summed E-state index contributed by atoms with van der Waals surface area (Å²) in [5, 5.41) is 13.1. The Balaban J connectivity index is 1.43. The minimum Gasteiger partial charge on any atom is -0.493 e. The second-order valence-electron chi connectivity index (χ2n) is 8.67. The van der Waals surface area contributed by atoms with Crippen molar-refractivity contribution in [3.63, 3.8) is 0 Å². The monoisotopic (exact) mass is 592 g/mol. The van der Waals surface area contributed by atoms with Crippen LogP contribution < -0.4 is 13.8 Å². The number of hydrogen-bond donors (Lipinski definition) is 0. The number of nitrogens with zero attached hydrogens (tertiary/aromatic N) is 2. The Bertz CT molecular complexity index is 1850. The highest BCUT2D eigenvalue weighted by Crippen LogP contribution is 2.40. The number of hydrogen-bond acceptors (Lipinski definition) is 9. The number of methoxy groups -OCH3 is 1. The average molecular weight is 593 g/mol. The first-order valence-corrected chi connectivity index (χ1v) is 14.4. The summed E-state index contributed by atoms with van der Waals surface area (Å²) in [5.74, 6) is -0.316. The van der Waals surface area contributed by atoms with Crippen molar-refractivity contribution >= 4 is 72.5 Å². The molecule has 0 aromatic heterocycles. The number of amides is 1. The van der Waals surface area contributed by atoms with Gasteiger partial charge in [-0.3, -0.25) is 19.8 Å². The number of aryl methyl sites for hydroxylation is 1. The van der Waals surface area contributed by atoms with E-state index in [9.17, 15) is 23.3 Å². The molecule has 12 heteroatoms. The van der Waals surface area contributed by atoms with Gasteiger partial charge in [-0.2, -0.15) is 8.42 Å². The summed E-state index contributed by atoms with van der Waals surface area (Å²) in [4.78, 5) is 25.5. The van der Waals surface area contributed by atoms with Crippen molar-refractivity contribution in [2.75, 3.05) is 12.0 Å². The zero-order valence-corrected chi connectivity index (χ0v) is 23.5. The Kier molecular flexibility index (Phi) is 7.32. The van der Waals surface area contributed by atoms with Gasteiger partial charge in [-0.25, -0.2) is 0 Å². The maximum absolute atomic E-state index is 13.4. The van der Waals surface area contributed by atoms with Crippen molar-refractivity contribution in [2.45, 2.75) is 11.8 Å². The molecule has 1 heterocycles. The van der Waals surface area contributed by atoms with E-state index in [0.717, 1.165) is 28.6 Å². The number of thiocarbonyl (C=S) groups is 1. The Morgan fingerprint density at radius 2 is 1.75 bits per heavy atom. The van der Waals surface area contributed by atoms with Crippen molar-refractivity contribution in [1.29, 1.82) is 0 Å². The lowest BCUT2D eigenvalue weighted by Gasteiger charge is -2.17. The van der Waals surface area contributed by atoms with E-state index in [1.807, 2.05) is 42.5 Å². The molecule has 1 amide bonds. The molecule has 5 rings (SSSR count). The molecule has 40 heavy (non-hydrogen) atoms. The number of carbonyl (C=O) groups excluding carboxylic acids is 1. The van der Waals surface area contributed by atoms with Crippen molar-refractivity contribution in [3.8, 4) is 11.5 Å². The van der Waals surface area contributed by atoms with Crippen LogP contribution in [-0.4, -0.2) is 30.7 Å². The van der Waals surface area contributed by atoms with Gasteiger partial charge in [0, 0.05) is 17.0 Å². The average Bonchev–Trinajstić information content (AvgIpc) is 3.20. The van der Waals surface area contributed by atoms with Crippen LogP contribution in [-0.2, 0) is 14.9 Å². The summed E-state index contributed by atoms with van der Waals surface area (Å²) in [6.07, 6.45) is 1.63. The molecule has 202 valence electrons. The molecule has 1 saturated heterocycles. The van der Waals surface area contributed by atoms with E-state index in [4.69, 9.17) is 21.1 Å². The summed E-state index contributed by atoms with van der Waals surface area (Å²) in [7, 11) is -3.07. The van der Waals surface area contributed by atoms with E-state index in [2.05, 4.69) is 0 Å². The molecule has 0 bridgehead atoms. The SMILES string of the molecule is COc1cc(/C=C2/SC(=S)N(c3cccc4ccccc34)C2=O)ccc1OS(=O)(=O)c1ccc(C)c([N+](=O)[O-])c1. The van der Waals surface area contributed by atoms with Crippen molar-refractivity contribution < 1.29 is 27.1 Å². The molecule has 1 fully saturated rings. The Morgan fingerprint density at radius 1 is 1.00 bits per heavy atom. The smallest absolute Gasteiger partial charge is 0.339 e. The van der Waals surface area contributed by atoms with Gasteiger partial charge < -0.3 is 8.92 Å². The fourth-order valence-corrected chi connectivity index (χ4v) is 6.43. The number of rotatable bonds is 7. The molecular formula is C28H20N2O7S3. The minimum atomic E-state index is -4.41. The fourth-order valence-electron chi connectivity index (χ4n) is 4.18. The number of ether oxygens (including phenoxy) is 1. The zero-order chi connectivity index (χ0) is 28.6. The maximum atomic E-state index is 13.4. The van der Waals surface area contributed by atoms with E-state index in [0.29, 0.717) is 26.0 Å². The first-order valence-electron chi connectivity index (χ1n) is 11.7. The summed E-state index contributed by atoms with van der Waals surface area (Å²) in [5.41, 5.74) is 1.21. The lowest BCUT2D eigenvalue weighted by atomic mass is 10.1. The molecule has 0 radical (unpaired) electrons. The van der Waals surface area contributed by atoms with Gasteiger partial charge in [0.15, 0.2) is 15.8 Å². The zero-order valence-electron chi connectivity index (χ0n) is 21.1. The topological polar surface area (TPSA) is 116 Å². The highest BCUT2D eigenvalue weighted by atomic mass is 32.2. The first kappa shape index (κ1) is 27.3. The van der Waals surface area contributed by atoms with Crippen LogP contribution in [0, 0.1) is 17.0 Å². The Hall–Kier alpha value is -4.26. The minimum absolute atomic E-state index is 0.0865. The molecule has 0 unspecified atom stereocenters. The Labute approximate surface area is 239 Å². The summed E-state index contributed by atoms with van der Waals surface area (Å²) in [6, 6.07) is 21.4. The van der Waals surface area contributed by atoms with E-state index in [-0.39, 0.29) is 28.0 Å². The molecule has 0 N–H and O–H groups in total. The number of anilines is 1. The van der Waals surface area contributed by atoms with Crippen LogP contribution in [0.1, 0.15) is 11.1 Å². The largest absolute Gasteiger partial charge is 0.493 e. The van der Waals surface area contributed by atoms with Gasteiger partial charge in [0.2, 0.25) is 0 Å². The first-order chi connectivity index (χ1) is 19.1. The van der Waals surface area contributed by atoms with Gasteiger partial charge in [-0.1, -0.05) is 72.5 Å².